The van der Waals surface area contributed by atoms with E-state index in [0.29, 0.717) is 12.2 Å². The summed E-state index contributed by atoms with van der Waals surface area (Å²) in [6, 6.07) is 3.70. The lowest BCUT2D eigenvalue weighted by atomic mass is 9.92. The number of nitrogens with one attached hydrogen (secondary N) is 1. The largest absolute Gasteiger partial charge is 0.332 e. The van der Waals surface area contributed by atoms with Crippen LogP contribution in [0.4, 0.5) is 4.39 Å². The third-order valence-electron chi connectivity index (χ3n) is 3.86. The standard InChI is InChI=1S/C16H20ClFN2O3/c1-4-23-19-16(22)11-8-14(21)20(9(2)3)15(11)10-5-6-12(17)13(18)7-10/h5-7,9,11,15H,4,8H2,1-3H3,(H,19,22)/t11-,15-/m0/s1. The predicted molar refractivity (Wildman–Crippen MR) is 84.0 cm³/mol. The Balaban J connectivity index is 2.39. The number of nitrogens with zero attached hydrogens (tertiary/aromatic N) is 1. The van der Waals surface area contributed by atoms with Gasteiger partial charge in [-0.15, -0.1) is 0 Å². The zero-order valence-electron chi connectivity index (χ0n) is 13.3. The maximum atomic E-state index is 13.8. The Hall–Kier alpha value is -1.66. The van der Waals surface area contributed by atoms with Crippen LogP contribution >= 0.6 is 11.6 Å². The van der Waals surface area contributed by atoms with Gasteiger partial charge in [-0.3, -0.25) is 14.4 Å². The van der Waals surface area contributed by atoms with Crippen molar-refractivity contribution in [3.63, 3.8) is 0 Å². The molecule has 0 radical (unpaired) electrons. The summed E-state index contributed by atoms with van der Waals surface area (Å²) < 4.78 is 13.8. The van der Waals surface area contributed by atoms with E-state index in [4.69, 9.17) is 16.4 Å². The lowest BCUT2D eigenvalue weighted by Gasteiger charge is -2.31. The van der Waals surface area contributed by atoms with Crippen LogP contribution in [0.3, 0.4) is 0 Å². The van der Waals surface area contributed by atoms with E-state index in [1.165, 1.54) is 12.1 Å². The highest BCUT2D eigenvalue weighted by atomic mass is 35.5. The van der Waals surface area contributed by atoms with Crippen molar-refractivity contribution in [3.05, 3.63) is 34.6 Å². The Labute approximate surface area is 139 Å². The van der Waals surface area contributed by atoms with Crippen LogP contribution in [0.1, 0.15) is 38.8 Å². The fraction of sp³-hybridized carbons (Fsp3) is 0.500. The van der Waals surface area contributed by atoms with Crippen molar-refractivity contribution in [2.45, 2.75) is 39.3 Å². The maximum absolute atomic E-state index is 13.8. The second-order valence-corrected chi connectivity index (χ2v) is 6.13. The van der Waals surface area contributed by atoms with E-state index in [1.54, 1.807) is 17.9 Å². The topological polar surface area (TPSA) is 58.6 Å². The molecule has 1 fully saturated rings. The van der Waals surface area contributed by atoms with Gasteiger partial charge < -0.3 is 4.90 Å². The van der Waals surface area contributed by atoms with Gasteiger partial charge in [0.25, 0.3) is 0 Å². The van der Waals surface area contributed by atoms with Crippen molar-refractivity contribution < 1.29 is 18.8 Å². The molecule has 0 unspecified atom stereocenters. The normalized spacial score (nSPS) is 21.1. The number of carbonyl (C=O) groups excluding carboxylic acids is 2. The Kier molecular flexibility index (Phi) is 5.59. The molecule has 0 aromatic heterocycles. The zero-order valence-corrected chi connectivity index (χ0v) is 14.1. The molecule has 2 amide bonds. The Morgan fingerprint density at radius 2 is 2.22 bits per heavy atom. The molecule has 1 aromatic rings. The number of rotatable bonds is 5. The van der Waals surface area contributed by atoms with E-state index in [-0.39, 0.29) is 29.3 Å². The molecular weight excluding hydrogens is 323 g/mol. The summed E-state index contributed by atoms with van der Waals surface area (Å²) >= 11 is 5.73. The van der Waals surface area contributed by atoms with E-state index in [2.05, 4.69) is 5.48 Å². The Bertz CT molecular complexity index is 609. The summed E-state index contributed by atoms with van der Waals surface area (Å²) in [5.74, 6) is -1.74. The minimum absolute atomic E-state index is 0.00416. The van der Waals surface area contributed by atoms with E-state index in [9.17, 15) is 14.0 Å². The van der Waals surface area contributed by atoms with Crippen molar-refractivity contribution in [1.29, 1.82) is 0 Å². The molecule has 7 heteroatoms. The molecule has 1 aliphatic rings. The van der Waals surface area contributed by atoms with Crippen molar-refractivity contribution in [2.24, 2.45) is 5.92 Å². The van der Waals surface area contributed by atoms with Crippen molar-refractivity contribution in [2.75, 3.05) is 6.61 Å². The number of benzene rings is 1. The van der Waals surface area contributed by atoms with Crippen LogP contribution in [0.5, 0.6) is 0 Å². The molecule has 0 bridgehead atoms. The molecule has 2 atom stereocenters. The van der Waals surface area contributed by atoms with Crippen LogP contribution < -0.4 is 5.48 Å². The lowest BCUT2D eigenvalue weighted by Crippen LogP contribution is -2.38. The van der Waals surface area contributed by atoms with Crippen molar-refractivity contribution in [1.82, 2.24) is 10.4 Å². The fourth-order valence-corrected chi connectivity index (χ4v) is 3.03. The number of halogens is 2. The first-order valence-electron chi connectivity index (χ1n) is 7.54. The molecule has 1 aliphatic heterocycles. The third-order valence-corrected chi connectivity index (χ3v) is 4.17. The van der Waals surface area contributed by atoms with Crippen LogP contribution in [0.2, 0.25) is 5.02 Å². The quantitative estimate of drug-likeness (QED) is 0.837. The smallest absolute Gasteiger partial charge is 0.249 e. The molecule has 1 aromatic carbocycles. The molecule has 126 valence electrons. The number of hydroxylamine groups is 1. The highest BCUT2D eigenvalue weighted by molar-refractivity contribution is 6.30. The third kappa shape index (κ3) is 3.64. The molecule has 0 aliphatic carbocycles. The number of carbonyl (C=O) groups is 2. The molecule has 1 N–H and O–H groups in total. The van der Waals surface area contributed by atoms with Crippen molar-refractivity contribution in [3.8, 4) is 0 Å². The second kappa shape index (κ2) is 7.27. The molecule has 1 saturated heterocycles. The number of likely N-dealkylation sites (tertiary alicyclic amines) is 1. The summed E-state index contributed by atoms with van der Waals surface area (Å²) in [4.78, 5) is 31.2. The first-order valence-corrected chi connectivity index (χ1v) is 7.92. The fourth-order valence-electron chi connectivity index (χ4n) is 2.91. The average Bonchev–Trinajstić information content (AvgIpc) is 2.85. The van der Waals surface area contributed by atoms with E-state index < -0.39 is 17.8 Å². The minimum atomic E-state index is -0.642. The number of hydrogen-bond donors (Lipinski definition) is 1. The molecule has 5 nitrogen and oxygen atoms in total. The summed E-state index contributed by atoms with van der Waals surface area (Å²) in [7, 11) is 0. The van der Waals surface area contributed by atoms with Gasteiger partial charge >= 0.3 is 0 Å². The van der Waals surface area contributed by atoms with Gasteiger partial charge in [0.05, 0.1) is 23.6 Å². The summed E-state index contributed by atoms with van der Waals surface area (Å²) in [5.41, 5.74) is 2.89. The van der Waals surface area contributed by atoms with Crippen LogP contribution in [0, 0.1) is 11.7 Å². The van der Waals surface area contributed by atoms with Gasteiger partial charge in [-0.2, -0.15) is 0 Å². The van der Waals surface area contributed by atoms with Crippen LogP contribution in [-0.4, -0.2) is 29.4 Å². The van der Waals surface area contributed by atoms with Crippen molar-refractivity contribution >= 4 is 23.4 Å². The summed E-state index contributed by atoms with van der Waals surface area (Å²) in [6.45, 7) is 5.78. The number of amides is 2. The minimum Gasteiger partial charge on any atom is -0.332 e. The average molecular weight is 343 g/mol. The van der Waals surface area contributed by atoms with Gasteiger partial charge in [-0.1, -0.05) is 17.7 Å². The molecular formula is C16H20ClFN2O3. The van der Waals surface area contributed by atoms with E-state index >= 15 is 0 Å². The van der Waals surface area contributed by atoms with E-state index in [1.807, 2.05) is 13.8 Å². The lowest BCUT2D eigenvalue weighted by molar-refractivity contribution is -0.138. The van der Waals surface area contributed by atoms with E-state index in [0.717, 1.165) is 0 Å². The summed E-state index contributed by atoms with van der Waals surface area (Å²) in [5, 5.41) is 0.00416. The van der Waals surface area contributed by atoms with Gasteiger partial charge in [0.2, 0.25) is 11.8 Å². The second-order valence-electron chi connectivity index (χ2n) is 5.72. The Morgan fingerprint density at radius 3 is 2.78 bits per heavy atom. The van der Waals surface area contributed by atoms with Gasteiger partial charge in [0, 0.05) is 12.5 Å². The predicted octanol–water partition coefficient (Wildman–Crippen LogP) is 2.84. The first-order chi connectivity index (χ1) is 10.9. The van der Waals surface area contributed by atoms with Crippen LogP contribution in [0.25, 0.3) is 0 Å². The van der Waals surface area contributed by atoms with Crippen LogP contribution in [-0.2, 0) is 14.4 Å². The summed E-state index contributed by atoms with van der Waals surface area (Å²) in [6.07, 6.45) is 0.0615. The van der Waals surface area contributed by atoms with Crippen LogP contribution in [0.15, 0.2) is 18.2 Å². The van der Waals surface area contributed by atoms with Gasteiger partial charge in [0.15, 0.2) is 0 Å². The Morgan fingerprint density at radius 1 is 1.52 bits per heavy atom. The molecule has 1 heterocycles. The molecule has 23 heavy (non-hydrogen) atoms. The van der Waals surface area contributed by atoms with Gasteiger partial charge in [-0.25, -0.2) is 9.87 Å². The highest BCUT2D eigenvalue weighted by Crippen LogP contribution is 2.40. The number of hydrogen-bond acceptors (Lipinski definition) is 3. The molecule has 0 saturated carbocycles. The monoisotopic (exact) mass is 342 g/mol. The zero-order chi connectivity index (χ0) is 17.1. The SMILES string of the molecule is CCONC(=O)[C@H]1CC(=O)N(C(C)C)[C@H]1c1ccc(Cl)c(F)c1. The van der Waals surface area contributed by atoms with Gasteiger partial charge in [-0.05, 0) is 38.5 Å². The highest BCUT2D eigenvalue weighted by Gasteiger charge is 2.45. The van der Waals surface area contributed by atoms with Gasteiger partial charge in [0.1, 0.15) is 5.82 Å². The maximum Gasteiger partial charge on any atom is 0.249 e. The first kappa shape index (κ1) is 17.7. The molecule has 2 rings (SSSR count). The molecule has 0 spiro atoms.